The quantitative estimate of drug-likeness (QED) is 0.356. The number of halogens is 2. The van der Waals surface area contributed by atoms with Gasteiger partial charge < -0.3 is 14.8 Å². The maximum Gasteiger partial charge on any atom is 0.245 e. The van der Waals surface area contributed by atoms with Gasteiger partial charge in [0.25, 0.3) is 0 Å². The number of carbonyl (C=O) groups excluding carboxylic acids is 1. The predicted molar refractivity (Wildman–Crippen MR) is 142 cm³/mol. The molecule has 0 saturated heterocycles. The van der Waals surface area contributed by atoms with E-state index in [9.17, 15) is 13.2 Å². The molecule has 0 heterocycles. The lowest BCUT2D eigenvalue weighted by Gasteiger charge is -2.22. The largest absolute Gasteiger partial charge is 0.493 e. The third-order valence-electron chi connectivity index (χ3n) is 5.51. The normalized spacial score (nSPS) is 11.4. The molecule has 10 heteroatoms. The third kappa shape index (κ3) is 7.36. The molecular formula is C26H28Cl2N2O5S. The SMILES string of the molecule is COc1ccc(CCNC(=O)CN(CCc2ccccc2)S(=O)(=O)c2cc(Cl)ccc2Cl)cc1OC. The summed E-state index contributed by atoms with van der Waals surface area (Å²) in [6.45, 7) is 0.0566. The fourth-order valence-electron chi connectivity index (χ4n) is 3.60. The Kier molecular flexibility index (Phi) is 10.0. The third-order valence-corrected chi connectivity index (χ3v) is 8.07. The van der Waals surface area contributed by atoms with E-state index < -0.39 is 15.9 Å². The first-order valence-electron chi connectivity index (χ1n) is 11.2. The van der Waals surface area contributed by atoms with Crippen LogP contribution in [0.3, 0.4) is 0 Å². The Morgan fingerprint density at radius 2 is 1.61 bits per heavy atom. The lowest BCUT2D eigenvalue weighted by atomic mass is 10.1. The zero-order chi connectivity index (χ0) is 26.1. The Morgan fingerprint density at radius 3 is 2.31 bits per heavy atom. The molecular weight excluding hydrogens is 523 g/mol. The van der Waals surface area contributed by atoms with Crippen LogP contribution >= 0.6 is 23.2 Å². The number of methoxy groups -OCH3 is 2. The number of amides is 1. The molecule has 192 valence electrons. The van der Waals surface area contributed by atoms with E-state index in [2.05, 4.69) is 5.32 Å². The van der Waals surface area contributed by atoms with Gasteiger partial charge in [0.1, 0.15) is 4.90 Å². The number of hydrogen-bond donors (Lipinski definition) is 1. The van der Waals surface area contributed by atoms with Crippen molar-refractivity contribution in [2.45, 2.75) is 17.7 Å². The van der Waals surface area contributed by atoms with Crippen molar-refractivity contribution in [1.29, 1.82) is 0 Å². The molecule has 36 heavy (non-hydrogen) atoms. The van der Waals surface area contributed by atoms with Crippen molar-refractivity contribution < 1.29 is 22.7 Å². The molecule has 0 aliphatic carbocycles. The van der Waals surface area contributed by atoms with Gasteiger partial charge in [-0.3, -0.25) is 4.79 Å². The molecule has 0 aliphatic rings. The zero-order valence-corrected chi connectivity index (χ0v) is 22.4. The highest BCUT2D eigenvalue weighted by Crippen LogP contribution is 2.29. The molecule has 0 unspecified atom stereocenters. The first kappa shape index (κ1) is 27.8. The van der Waals surface area contributed by atoms with Crippen LogP contribution in [0.2, 0.25) is 10.0 Å². The number of carbonyl (C=O) groups is 1. The molecule has 0 spiro atoms. The number of ether oxygens (including phenoxy) is 2. The van der Waals surface area contributed by atoms with Crippen LogP contribution < -0.4 is 14.8 Å². The van der Waals surface area contributed by atoms with Gasteiger partial charge in [0.2, 0.25) is 15.9 Å². The van der Waals surface area contributed by atoms with E-state index in [1.165, 1.54) is 18.2 Å². The fraction of sp³-hybridized carbons (Fsp3) is 0.269. The van der Waals surface area contributed by atoms with E-state index in [-0.39, 0.29) is 28.0 Å². The number of nitrogens with zero attached hydrogens (tertiary/aromatic N) is 1. The van der Waals surface area contributed by atoms with Crippen LogP contribution in [0.5, 0.6) is 11.5 Å². The van der Waals surface area contributed by atoms with Crippen molar-refractivity contribution in [2.24, 2.45) is 0 Å². The standard InChI is InChI=1S/C26H28Cl2N2O5S/c1-34-23-11-8-20(16-24(23)35-2)12-14-29-26(31)18-30(15-13-19-6-4-3-5-7-19)36(32,33)25-17-21(27)9-10-22(25)28/h3-11,16-17H,12-15,18H2,1-2H3,(H,29,31). The first-order chi connectivity index (χ1) is 17.2. The molecule has 0 radical (unpaired) electrons. The molecule has 0 aliphatic heterocycles. The smallest absolute Gasteiger partial charge is 0.245 e. The van der Waals surface area contributed by atoms with E-state index in [0.717, 1.165) is 15.4 Å². The summed E-state index contributed by atoms with van der Waals surface area (Å²) < 4.78 is 38.6. The molecule has 0 saturated carbocycles. The first-order valence-corrected chi connectivity index (χ1v) is 13.4. The second kappa shape index (κ2) is 13.0. The summed E-state index contributed by atoms with van der Waals surface area (Å²) in [5.74, 6) is 0.785. The van der Waals surface area contributed by atoms with Crippen LogP contribution in [-0.4, -0.2) is 52.5 Å². The van der Waals surface area contributed by atoms with Gasteiger partial charge in [0, 0.05) is 18.1 Å². The molecule has 3 aromatic rings. The van der Waals surface area contributed by atoms with E-state index in [4.69, 9.17) is 32.7 Å². The molecule has 7 nitrogen and oxygen atoms in total. The molecule has 0 fully saturated rings. The molecule has 0 bridgehead atoms. The molecule has 1 N–H and O–H groups in total. The van der Waals surface area contributed by atoms with Gasteiger partial charge in [0.15, 0.2) is 11.5 Å². The number of nitrogens with one attached hydrogen (secondary N) is 1. The van der Waals surface area contributed by atoms with Crippen LogP contribution in [0.25, 0.3) is 0 Å². The summed E-state index contributed by atoms with van der Waals surface area (Å²) in [4.78, 5) is 12.7. The summed E-state index contributed by atoms with van der Waals surface area (Å²) in [6, 6.07) is 19.2. The van der Waals surface area contributed by atoms with Gasteiger partial charge in [-0.1, -0.05) is 59.6 Å². The highest BCUT2D eigenvalue weighted by atomic mass is 35.5. The number of rotatable bonds is 12. The van der Waals surface area contributed by atoms with Gasteiger partial charge in [-0.2, -0.15) is 4.31 Å². The predicted octanol–water partition coefficient (Wildman–Crippen LogP) is 4.60. The molecule has 0 aromatic heterocycles. The Balaban J connectivity index is 1.71. The summed E-state index contributed by atoms with van der Waals surface area (Å²) >= 11 is 12.2. The Morgan fingerprint density at radius 1 is 0.889 bits per heavy atom. The summed E-state index contributed by atoms with van der Waals surface area (Å²) in [6.07, 6.45) is 0.958. The lowest BCUT2D eigenvalue weighted by Crippen LogP contribution is -2.42. The monoisotopic (exact) mass is 550 g/mol. The van der Waals surface area contributed by atoms with Gasteiger partial charge in [-0.25, -0.2) is 8.42 Å². The van der Waals surface area contributed by atoms with Crippen LogP contribution in [-0.2, 0) is 27.7 Å². The average Bonchev–Trinajstić information content (AvgIpc) is 2.88. The van der Waals surface area contributed by atoms with Gasteiger partial charge in [0.05, 0.1) is 25.8 Å². The van der Waals surface area contributed by atoms with E-state index in [0.29, 0.717) is 30.9 Å². The van der Waals surface area contributed by atoms with Crippen molar-refractivity contribution in [1.82, 2.24) is 9.62 Å². The number of hydrogen-bond acceptors (Lipinski definition) is 5. The lowest BCUT2D eigenvalue weighted by molar-refractivity contribution is -0.121. The Bertz CT molecular complexity index is 1290. The van der Waals surface area contributed by atoms with Gasteiger partial charge in [-0.05, 0) is 54.3 Å². The number of benzene rings is 3. The van der Waals surface area contributed by atoms with E-state index in [1.807, 2.05) is 42.5 Å². The van der Waals surface area contributed by atoms with Crippen molar-refractivity contribution in [3.63, 3.8) is 0 Å². The number of sulfonamides is 1. The fourth-order valence-corrected chi connectivity index (χ4v) is 5.73. The Hall–Kier alpha value is -2.78. The summed E-state index contributed by atoms with van der Waals surface area (Å²) in [5.41, 5.74) is 1.89. The zero-order valence-electron chi connectivity index (χ0n) is 20.0. The minimum atomic E-state index is -4.09. The van der Waals surface area contributed by atoms with Gasteiger partial charge in [-0.15, -0.1) is 0 Å². The molecule has 0 atom stereocenters. The highest BCUT2D eigenvalue weighted by molar-refractivity contribution is 7.89. The van der Waals surface area contributed by atoms with Gasteiger partial charge >= 0.3 is 0 Å². The molecule has 3 rings (SSSR count). The second-order valence-corrected chi connectivity index (χ2v) is 10.7. The van der Waals surface area contributed by atoms with E-state index in [1.54, 1.807) is 20.3 Å². The van der Waals surface area contributed by atoms with Crippen molar-refractivity contribution in [3.05, 3.63) is 87.9 Å². The average molecular weight is 551 g/mol. The highest BCUT2D eigenvalue weighted by Gasteiger charge is 2.28. The topological polar surface area (TPSA) is 84.9 Å². The summed E-state index contributed by atoms with van der Waals surface area (Å²) in [5, 5.41) is 3.08. The molecule has 3 aromatic carbocycles. The Labute approximate surface area is 222 Å². The van der Waals surface area contributed by atoms with Crippen molar-refractivity contribution in [3.8, 4) is 11.5 Å². The molecule has 1 amide bonds. The van der Waals surface area contributed by atoms with Crippen LogP contribution in [0.1, 0.15) is 11.1 Å². The second-order valence-electron chi connectivity index (χ2n) is 7.94. The minimum Gasteiger partial charge on any atom is -0.493 e. The van der Waals surface area contributed by atoms with Crippen molar-refractivity contribution in [2.75, 3.05) is 33.9 Å². The maximum absolute atomic E-state index is 13.5. The van der Waals surface area contributed by atoms with Crippen LogP contribution in [0.4, 0.5) is 0 Å². The maximum atomic E-state index is 13.5. The minimum absolute atomic E-state index is 0.0398. The van der Waals surface area contributed by atoms with Crippen LogP contribution in [0.15, 0.2) is 71.6 Å². The van der Waals surface area contributed by atoms with Crippen molar-refractivity contribution >= 4 is 39.1 Å². The van der Waals surface area contributed by atoms with Crippen LogP contribution in [0, 0.1) is 0 Å². The van der Waals surface area contributed by atoms with E-state index >= 15 is 0 Å². The summed E-state index contributed by atoms with van der Waals surface area (Å²) in [7, 11) is -0.971.